The zero-order valence-corrected chi connectivity index (χ0v) is 15.3. The Morgan fingerprint density at radius 2 is 1.52 bits per heavy atom. The van der Waals surface area contributed by atoms with Crippen molar-refractivity contribution in [2.45, 2.75) is 37.5 Å². The van der Waals surface area contributed by atoms with Gasteiger partial charge in [-0.05, 0) is 6.92 Å². The monoisotopic (exact) mass is 474 g/mol. The molecule has 0 radical (unpaired) electrons. The third kappa shape index (κ3) is 9.38. The maximum atomic E-state index is 11.6. The lowest BCUT2D eigenvalue weighted by Gasteiger charge is -2.29. The maximum absolute atomic E-state index is 11.6. The third-order valence-electron chi connectivity index (χ3n) is 3.20. The van der Waals surface area contributed by atoms with Crippen LogP contribution in [-0.2, 0) is 9.59 Å². The van der Waals surface area contributed by atoms with Crippen molar-refractivity contribution < 1.29 is 61.3 Å². The van der Waals surface area contributed by atoms with E-state index in [2.05, 4.69) is 20.6 Å². The predicted molar refractivity (Wildman–Crippen MR) is 89.0 cm³/mol. The van der Waals surface area contributed by atoms with Gasteiger partial charge >= 0.3 is 35.8 Å². The van der Waals surface area contributed by atoms with Crippen molar-refractivity contribution >= 4 is 29.4 Å². The van der Waals surface area contributed by atoms with E-state index in [1.807, 2.05) is 0 Å². The maximum Gasteiger partial charge on any atom is 0.490 e. The first-order chi connectivity index (χ1) is 13.9. The van der Waals surface area contributed by atoms with Gasteiger partial charge in [0.25, 0.3) is 0 Å². The highest BCUT2D eigenvalue weighted by Crippen LogP contribution is 2.19. The van der Waals surface area contributed by atoms with Gasteiger partial charge in [-0.2, -0.15) is 26.3 Å². The Kier molecular flexibility index (Phi) is 9.53. The van der Waals surface area contributed by atoms with Gasteiger partial charge in [0.15, 0.2) is 5.69 Å². The first-order valence-electron chi connectivity index (χ1n) is 7.79. The fraction of sp³-hybridized carbons (Fsp3) is 0.538. The summed E-state index contributed by atoms with van der Waals surface area (Å²) < 4.78 is 63.5. The Labute approximate surface area is 167 Å². The Morgan fingerprint density at radius 3 is 1.87 bits per heavy atom. The molecule has 0 aliphatic carbocycles. The molecule has 1 aliphatic heterocycles. The summed E-state index contributed by atoms with van der Waals surface area (Å²) in [5.74, 6) is -4.89. The summed E-state index contributed by atoms with van der Waals surface area (Å²) in [4.78, 5) is 34.6. The molecule has 0 unspecified atom stereocenters. The van der Waals surface area contributed by atoms with Crippen molar-refractivity contribution in [2.24, 2.45) is 0 Å². The topological polar surface area (TPSA) is 212 Å². The van der Waals surface area contributed by atoms with Crippen LogP contribution in [0.15, 0.2) is 4.79 Å². The number of H-pyrrole nitrogens is 2. The number of hydrogen-bond acceptors (Lipinski definition) is 8. The van der Waals surface area contributed by atoms with Crippen molar-refractivity contribution in [1.82, 2.24) is 4.98 Å². The molecule has 0 amide bonds. The van der Waals surface area contributed by atoms with E-state index in [0.717, 1.165) is 0 Å². The molecule has 10 N–H and O–H groups in total. The highest BCUT2D eigenvalue weighted by atomic mass is 19.4. The first kappa shape index (κ1) is 27.7. The molecule has 31 heavy (non-hydrogen) atoms. The van der Waals surface area contributed by atoms with Crippen LogP contribution in [0.2, 0.25) is 0 Å². The van der Waals surface area contributed by atoms with Crippen LogP contribution in [-0.4, -0.2) is 74.5 Å². The average Bonchev–Trinajstić information content (AvgIpc) is 2.60. The average molecular weight is 474 g/mol. The summed E-state index contributed by atoms with van der Waals surface area (Å²) in [6.07, 6.45) is -12.0. The van der Waals surface area contributed by atoms with Crippen LogP contribution < -0.4 is 26.9 Å². The summed E-state index contributed by atoms with van der Waals surface area (Å²) >= 11 is 0. The van der Waals surface area contributed by atoms with Gasteiger partial charge in [0.1, 0.15) is 6.10 Å². The van der Waals surface area contributed by atoms with E-state index in [4.69, 9.17) is 25.5 Å². The van der Waals surface area contributed by atoms with Crippen molar-refractivity contribution in [3.8, 4) is 0 Å². The Hall–Kier alpha value is -3.28. The van der Waals surface area contributed by atoms with Crippen LogP contribution >= 0.6 is 0 Å². The molecule has 178 valence electrons. The third-order valence-corrected chi connectivity index (χ3v) is 3.20. The van der Waals surface area contributed by atoms with Gasteiger partial charge in [0.2, 0.25) is 5.82 Å². The van der Waals surface area contributed by atoms with Gasteiger partial charge in [-0.1, -0.05) is 0 Å². The number of aromatic nitrogens is 2. The lowest BCUT2D eigenvalue weighted by atomic mass is 10.1. The molecule has 1 aliphatic rings. The minimum absolute atomic E-state index is 0.151. The van der Waals surface area contributed by atoms with Gasteiger partial charge in [-0.3, -0.25) is 4.79 Å². The number of aliphatic hydroxyl groups excluding tert-OH is 2. The first-order valence-corrected chi connectivity index (χ1v) is 7.79. The van der Waals surface area contributed by atoms with Gasteiger partial charge in [-0.15, -0.1) is 0 Å². The summed E-state index contributed by atoms with van der Waals surface area (Å²) in [5.41, 5.74) is 5.35. The van der Waals surface area contributed by atoms with Gasteiger partial charge < -0.3 is 36.8 Å². The number of carbonyl (C=O) groups is 2. The van der Waals surface area contributed by atoms with Crippen LogP contribution in [0.4, 0.5) is 43.8 Å². The van der Waals surface area contributed by atoms with E-state index in [9.17, 15) is 41.4 Å². The van der Waals surface area contributed by atoms with E-state index in [1.165, 1.54) is 6.92 Å². The molecule has 0 saturated carbocycles. The van der Waals surface area contributed by atoms with E-state index >= 15 is 0 Å². The Morgan fingerprint density at radius 1 is 1.10 bits per heavy atom. The fourth-order valence-corrected chi connectivity index (χ4v) is 1.79. The van der Waals surface area contributed by atoms with E-state index < -0.39 is 42.5 Å². The van der Waals surface area contributed by atoms with Crippen LogP contribution in [0, 0.1) is 0 Å². The normalized spacial score (nSPS) is 17.1. The van der Waals surface area contributed by atoms with Crippen LogP contribution in [0.1, 0.15) is 6.92 Å². The number of halogens is 6. The number of alkyl halides is 6. The number of nitrogen functional groups attached to an aromatic ring is 1. The number of rotatable bonds is 2. The molecule has 12 nitrogen and oxygen atoms in total. The summed E-state index contributed by atoms with van der Waals surface area (Å²) in [6.45, 7) is 1.86. The highest BCUT2D eigenvalue weighted by Gasteiger charge is 2.39. The van der Waals surface area contributed by atoms with E-state index in [0.29, 0.717) is 12.4 Å². The number of carboxylic acids is 2. The summed E-state index contributed by atoms with van der Waals surface area (Å²) in [7, 11) is 0. The SMILES string of the molecule is C[C@H](O)[C@H](O)[C@H]1CN[13c]2[15nH+]c([15NH2])[15nH]c(=O)c2N1.O=C(O)C(F)(F)F.O=C(O)C(F)(F)F. The number of nitrogens with one attached hydrogen (secondary N) is 4. The minimum Gasteiger partial charge on any atom is -0.475 e. The zero-order chi connectivity index (χ0) is 24.7. The van der Waals surface area contributed by atoms with Gasteiger partial charge in [-0.25, -0.2) is 19.6 Å². The molecule has 1 aromatic heterocycles. The lowest BCUT2D eigenvalue weighted by Crippen LogP contribution is -2.50. The van der Waals surface area contributed by atoms with E-state index in [1.54, 1.807) is 0 Å². The van der Waals surface area contributed by atoms with Gasteiger partial charge in [0.05, 0.1) is 18.7 Å². The second-order valence-corrected chi connectivity index (χ2v) is 5.71. The molecule has 0 bridgehead atoms. The molecule has 0 aromatic carbocycles. The number of anilines is 3. The predicted octanol–water partition coefficient (Wildman–Crippen LogP) is -1.01. The van der Waals surface area contributed by atoms with Crippen molar-refractivity contribution in [3.05, 3.63) is 10.4 Å². The molecule has 0 spiro atoms. The molecule has 0 fully saturated rings. The number of carboxylic acid groups (broad SMARTS) is 2. The lowest BCUT2D eigenvalue weighted by molar-refractivity contribution is -0.347. The molecule has 2 heterocycles. The number of hydrogen-bond donors (Lipinski definition) is 8. The molecule has 18 heteroatoms. The van der Waals surface area contributed by atoms with Crippen molar-refractivity contribution in [1.29, 1.82) is 0 Å². The fourth-order valence-electron chi connectivity index (χ4n) is 1.79. The van der Waals surface area contributed by atoms with Gasteiger partial charge in [0, 0.05) is 0 Å². The van der Waals surface area contributed by atoms with Crippen molar-refractivity contribution in [3.63, 3.8) is 0 Å². The molecule has 1 aromatic rings. The molecule has 2 rings (SSSR count). The van der Waals surface area contributed by atoms with Crippen LogP contribution in [0.3, 0.4) is 0 Å². The standard InChI is InChI=1S/C9H15N5O3.2C2HF3O2/c1-3(15)6(16)4-2-11-7-5(12-4)8(17)14-9(10)13-7;2*3-2(4,5)1(6)7/h3-4,6,12,15-16H,2H2,1H3,(H4,10,11,13,14,17);2*(H,6,7)/p+1/t3-,4+,6-;;/m0../s1/i7+1,10+1,13+1,14+1;;. The van der Waals surface area contributed by atoms with E-state index in [-0.39, 0.29) is 17.2 Å². The second kappa shape index (κ2) is 10.7. The van der Waals surface area contributed by atoms with Crippen LogP contribution in [0.5, 0.6) is 0 Å². The second-order valence-electron chi connectivity index (χ2n) is 5.71. The minimum atomic E-state index is -5.08. The Balaban J connectivity index is 0.000000536. The van der Waals surface area contributed by atoms with Crippen LogP contribution in [0.25, 0.3) is 0 Å². The smallest absolute Gasteiger partial charge is 0.475 e. The highest BCUT2D eigenvalue weighted by molar-refractivity contribution is 5.73. The Bertz CT molecular complexity index is 802. The number of fused-ring (bicyclic) bond motifs is 1. The number of aliphatic carboxylic acids is 2. The summed E-state index contributed by atoms with van der Waals surface area (Å²) in [5, 5.41) is 39.1. The van der Waals surface area contributed by atoms with Crippen molar-refractivity contribution in [2.75, 3.05) is 22.9 Å². The number of aromatic amines is 2. The largest absolute Gasteiger partial charge is 0.490 e. The zero-order valence-electron chi connectivity index (χ0n) is 15.3. The molecular formula is C13H18F6N5O7+. The molecule has 3 atom stereocenters. The quantitative estimate of drug-likeness (QED) is 0.193. The number of nitrogens with two attached hydrogens (primary N) is 1. The number of aliphatic hydroxyl groups is 2. The molecular weight excluding hydrogens is 456 g/mol. The molecule has 0 saturated heterocycles. The summed E-state index contributed by atoms with van der Waals surface area (Å²) in [6, 6.07) is -0.444.